The van der Waals surface area contributed by atoms with E-state index >= 15 is 0 Å². The smallest absolute Gasteiger partial charge is 0.131 e. The van der Waals surface area contributed by atoms with Crippen LogP contribution in [0.1, 0.15) is 5.56 Å². The van der Waals surface area contributed by atoms with E-state index in [1.54, 1.807) is 18.2 Å². The Morgan fingerprint density at radius 2 is 2.00 bits per heavy atom. The molecule has 0 amide bonds. The summed E-state index contributed by atoms with van der Waals surface area (Å²) in [6.07, 6.45) is 1.79. The van der Waals surface area contributed by atoms with Gasteiger partial charge in [-0.25, -0.2) is 4.98 Å². The molecule has 0 spiro atoms. The molecule has 0 saturated carbocycles. The van der Waals surface area contributed by atoms with Crippen molar-refractivity contribution in [2.75, 3.05) is 19.7 Å². The van der Waals surface area contributed by atoms with Gasteiger partial charge < -0.3 is 5.11 Å². The molecule has 1 aromatic heterocycles. The monoisotopic (exact) mass is 260 g/mol. The van der Waals surface area contributed by atoms with Gasteiger partial charge in [-0.05, 0) is 17.7 Å². The Balaban J connectivity index is 2.71. The Bertz CT molecular complexity index is 338. The number of pyridine rings is 1. The number of aromatic nitrogens is 1. The number of halogens is 2. The number of aliphatic hydroxyl groups is 1. The van der Waals surface area contributed by atoms with Gasteiger partial charge in [-0.15, -0.1) is 6.58 Å². The molecule has 1 rings (SSSR count). The Kier molecular flexibility index (Phi) is 5.77. The Labute approximate surface area is 105 Å². The Morgan fingerprint density at radius 1 is 1.38 bits per heavy atom. The molecule has 0 atom stereocenters. The molecule has 1 aromatic rings. The summed E-state index contributed by atoms with van der Waals surface area (Å²) in [5, 5.41) is 9.67. The van der Waals surface area contributed by atoms with Gasteiger partial charge in [0.2, 0.25) is 0 Å². The van der Waals surface area contributed by atoms with E-state index in [1.807, 2.05) is 4.90 Å². The van der Waals surface area contributed by atoms with Gasteiger partial charge in [-0.3, -0.25) is 4.90 Å². The predicted molar refractivity (Wildman–Crippen MR) is 66.8 cm³/mol. The van der Waals surface area contributed by atoms with Crippen molar-refractivity contribution in [3.63, 3.8) is 0 Å². The van der Waals surface area contributed by atoms with Gasteiger partial charge in [0.25, 0.3) is 0 Å². The van der Waals surface area contributed by atoms with E-state index in [1.165, 1.54) is 0 Å². The highest BCUT2D eigenvalue weighted by Gasteiger charge is 2.05. The van der Waals surface area contributed by atoms with Gasteiger partial charge in [0.05, 0.1) is 6.61 Å². The first kappa shape index (κ1) is 13.5. The molecular weight excluding hydrogens is 247 g/mol. The molecule has 0 unspecified atom stereocenters. The van der Waals surface area contributed by atoms with Gasteiger partial charge in [-0.1, -0.05) is 29.3 Å². The minimum Gasteiger partial charge on any atom is -0.395 e. The third-order valence-electron chi connectivity index (χ3n) is 2.03. The van der Waals surface area contributed by atoms with Crippen molar-refractivity contribution in [1.82, 2.24) is 9.88 Å². The molecule has 0 aliphatic rings. The van der Waals surface area contributed by atoms with Crippen LogP contribution in [0.5, 0.6) is 0 Å². The molecule has 0 aliphatic heterocycles. The van der Waals surface area contributed by atoms with Crippen LogP contribution < -0.4 is 0 Å². The van der Waals surface area contributed by atoms with Crippen LogP contribution in [-0.4, -0.2) is 34.7 Å². The van der Waals surface area contributed by atoms with E-state index in [4.69, 9.17) is 28.3 Å². The lowest BCUT2D eigenvalue weighted by Gasteiger charge is -2.19. The second-order valence-corrected chi connectivity index (χ2v) is 4.14. The molecule has 1 N–H and O–H groups in total. The average molecular weight is 261 g/mol. The van der Waals surface area contributed by atoms with Gasteiger partial charge >= 0.3 is 0 Å². The van der Waals surface area contributed by atoms with E-state index < -0.39 is 0 Å². The molecule has 88 valence electrons. The molecule has 5 heteroatoms. The summed E-state index contributed by atoms with van der Waals surface area (Å²) in [6.45, 7) is 5.74. The molecule has 16 heavy (non-hydrogen) atoms. The zero-order valence-electron chi connectivity index (χ0n) is 8.87. The first-order chi connectivity index (χ1) is 7.65. The minimum absolute atomic E-state index is 0.111. The lowest BCUT2D eigenvalue weighted by atomic mass is 10.2. The maximum atomic E-state index is 8.91. The van der Waals surface area contributed by atoms with Crippen LogP contribution in [0.3, 0.4) is 0 Å². The molecule has 0 bridgehead atoms. The number of rotatable bonds is 6. The third-order valence-corrected chi connectivity index (χ3v) is 2.42. The predicted octanol–water partition coefficient (Wildman–Crippen LogP) is 2.37. The van der Waals surface area contributed by atoms with E-state index in [-0.39, 0.29) is 6.61 Å². The lowest BCUT2D eigenvalue weighted by molar-refractivity contribution is 0.203. The maximum Gasteiger partial charge on any atom is 0.131 e. The van der Waals surface area contributed by atoms with Crippen molar-refractivity contribution in [3.8, 4) is 0 Å². The second kappa shape index (κ2) is 6.86. The summed E-state index contributed by atoms with van der Waals surface area (Å²) >= 11 is 11.6. The molecule has 0 aliphatic carbocycles. The largest absolute Gasteiger partial charge is 0.395 e. The SMILES string of the molecule is C=CCN(CCO)Cc1cc(Cl)nc(Cl)c1. The van der Waals surface area contributed by atoms with Crippen LogP contribution in [0.4, 0.5) is 0 Å². The van der Waals surface area contributed by atoms with E-state index in [9.17, 15) is 0 Å². The van der Waals surface area contributed by atoms with Crippen molar-refractivity contribution < 1.29 is 5.11 Å². The number of aliphatic hydroxyl groups excluding tert-OH is 1. The molecule has 0 saturated heterocycles. The quantitative estimate of drug-likeness (QED) is 0.631. The summed E-state index contributed by atoms with van der Waals surface area (Å²) in [5.74, 6) is 0. The fourth-order valence-electron chi connectivity index (χ4n) is 1.42. The van der Waals surface area contributed by atoms with E-state index in [0.29, 0.717) is 29.9 Å². The van der Waals surface area contributed by atoms with Crippen LogP contribution in [0.25, 0.3) is 0 Å². The fraction of sp³-hybridized carbons (Fsp3) is 0.364. The highest BCUT2D eigenvalue weighted by atomic mass is 35.5. The number of nitrogens with zero attached hydrogens (tertiary/aromatic N) is 2. The lowest BCUT2D eigenvalue weighted by Crippen LogP contribution is -2.26. The van der Waals surface area contributed by atoms with Gasteiger partial charge in [0, 0.05) is 19.6 Å². The summed E-state index contributed by atoms with van der Waals surface area (Å²) in [7, 11) is 0. The van der Waals surface area contributed by atoms with Gasteiger partial charge in [0.1, 0.15) is 10.3 Å². The zero-order valence-corrected chi connectivity index (χ0v) is 10.4. The fourth-order valence-corrected chi connectivity index (χ4v) is 1.93. The summed E-state index contributed by atoms with van der Waals surface area (Å²) < 4.78 is 0. The second-order valence-electron chi connectivity index (χ2n) is 3.37. The van der Waals surface area contributed by atoms with Crippen molar-refractivity contribution in [2.45, 2.75) is 6.54 Å². The maximum absolute atomic E-state index is 8.91. The topological polar surface area (TPSA) is 36.4 Å². The molecule has 0 aromatic carbocycles. The third kappa shape index (κ3) is 4.49. The van der Waals surface area contributed by atoms with Gasteiger partial charge in [0.15, 0.2) is 0 Å². The molecule has 3 nitrogen and oxygen atoms in total. The van der Waals surface area contributed by atoms with Crippen molar-refractivity contribution in [3.05, 3.63) is 40.7 Å². The van der Waals surface area contributed by atoms with E-state index in [2.05, 4.69) is 11.6 Å². The van der Waals surface area contributed by atoms with Crippen LogP contribution in [0, 0.1) is 0 Å². The van der Waals surface area contributed by atoms with Crippen molar-refractivity contribution in [1.29, 1.82) is 0 Å². The first-order valence-corrected chi connectivity index (χ1v) is 5.67. The number of hydrogen-bond donors (Lipinski definition) is 1. The zero-order chi connectivity index (χ0) is 12.0. The van der Waals surface area contributed by atoms with Crippen LogP contribution in [0.2, 0.25) is 10.3 Å². The molecule has 0 radical (unpaired) electrons. The normalized spacial score (nSPS) is 10.8. The van der Waals surface area contributed by atoms with Gasteiger partial charge in [-0.2, -0.15) is 0 Å². The van der Waals surface area contributed by atoms with Crippen molar-refractivity contribution in [2.24, 2.45) is 0 Å². The van der Waals surface area contributed by atoms with Crippen LogP contribution in [0.15, 0.2) is 24.8 Å². The first-order valence-electron chi connectivity index (χ1n) is 4.91. The van der Waals surface area contributed by atoms with Crippen LogP contribution >= 0.6 is 23.2 Å². The van der Waals surface area contributed by atoms with E-state index in [0.717, 1.165) is 5.56 Å². The number of hydrogen-bond acceptors (Lipinski definition) is 3. The summed E-state index contributed by atoms with van der Waals surface area (Å²) in [4.78, 5) is 5.91. The highest BCUT2D eigenvalue weighted by molar-refractivity contribution is 6.32. The molecule has 1 heterocycles. The Morgan fingerprint density at radius 3 is 2.50 bits per heavy atom. The Hall–Kier alpha value is -0.610. The van der Waals surface area contributed by atoms with Crippen molar-refractivity contribution >= 4 is 23.2 Å². The molecule has 0 fully saturated rings. The minimum atomic E-state index is 0.111. The summed E-state index contributed by atoms with van der Waals surface area (Å²) in [5.41, 5.74) is 0.973. The average Bonchev–Trinajstić information content (AvgIpc) is 2.16. The highest BCUT2D eigenvalue weighted by Crippen LogP contribution is 2.16. The van der Waals surface area contributed by atoms with Crippen LogP contribution in [-0.2, 0) is 6.54 Å². The summed E-state index contributed by atoms with van der Waals surface area (Å²) in [6, 6.07) is 3.53. The standard InChI is InChI=1S/C11H14Cl2N2O/c1-2-3-15(4-5-16)8-9-6-10(12)14-11(13)7-9/h2,6-7,16H,1,3-5,8H2. The molecular formula is C11H14Cl2N2O.